The zero-order valence-electron chi connectivity index (χ0n) is 9.84. The molecule has 0 amide bonds. The molecule has 6 heteroatoms. The van der Waals surface area contributed by atoms with Crippen LogP contribution in [0.15, 0.2) is 23.1 Å². The van der Waals surface area contributed by atoms with Gasteiger partial charge in [0, 0.05) is 31.8 Å². The van der Waals surface area contributed by atoms with Crippen molar-refractivity contribution in [1.29, 1.82) is 0 Å². The highest BCUT2D eigenvalue weighted by Crippen LogP contribution is 2.15. The number of hydrogen-bond acceptors (Lipinski definition) is 4. The molecular weight excluding hydrogens is 218 g/mol. The molecule has 0 aliphatic carbocycles. The van der Waals surface area contributed by atoms with Crippen molar-refractivity contribution in [3.63, 3.8) is 0 Å². The molecule has 0 saturated carbocycles. The maximum absolute atomic E-state index is 11.6. The molecule has 0 saturated heterocycles. The lowest BCUT2D eigenvalue weighted by Crippen LogP contribution is -2.18. The molecule has 6 nitrogen and oxygen atoms in total. The first-order valence-electron chi connectivity index (χ1n) is 5.41. The number of aromatic amines is 1. The maximum atomic E-state index is 11.6. The molecule has 3 N–H and O–H groups in total. The smallest absolute Gasteiger partial charge is 0.251 e. The number of nitrogens with one attached hydrogen (secondary N) is 1. The molecule has 90 valence electrons. The summed E-state index contributed by atoms with van der Waals surface area (Å²) in [5, 5.41) is 4.06. The van der Waals surface area contributed by atoms with Crippen LogP contribution in [-0.2, 0) is 7.05 Å². The highest BCUT2D eigenvalue weighted by Gasteiger charge is 2.11. The fourth-order valence-corrected chi connectivity index (χ4v) is 1.58. The van der Waals surface area contributed by atoms with Crippen molar-refractivity contribution in [2.45, 2.75) is 12.8 Å². The average molecular weight is 233 g/mol. The van der Waals surface area contributed by atoms with Gasteiger partial charge in [-0.2, -0.15) is 5.10 Å². The van der Waals surface area contributed by atoms with Gasteiger partial charge in [0.1, 0.15) is 5.82 Å². The van der Waals surface area contributed by atoms with Crippen molar-refractivity contribution in [3.05, 3.63) is 34.5 Å². The quantitative estimate of drug-likeness (QED) is 0.794. The van der Waals surface area contributed by atoms with Gasteiger partial charge in [-0.05, 0) is 6.07 Å². The van der Waals surface area contributed by atoms with E-state index in [9.17, 15) is 4.79 Å². The van der Waals surface area contributed by atoms with Crippen LogP contribution < -0.4 is 11.3 Å². The first-order chi connectivity index (χ1) is 8.11. The lowest BCUT2D eigenvalue weighted by molar-refractivity contribution is 0.704. The predicted octanol–water partition coefficient (Wildman–Crippen LogP) is 0.233. The summed E-state index contributed by atoms with van der Waals surface area (Å²) in [6.45, 7) is 2.36. The molecule has 0 radical (unpaired) electrons. The molecule has 1 atom stereocenters. The van der Waals surface area contributed by atoms with Crippen LogP contribution in [0, 0.1) is 0 Å². The van der Waals surface area contributed by atoms with Crippen molar-refractivity contribution in [2.75, 3.05) is 6.54 Å². The van der Waals surface area contributed by atoms with Gasteiger partial charge in [0.15, 0.2) is 0 Å². The third kappa shape index (κ3) is 2.26. The monoisotopic (exact) mass is 233 g/mol. The summed E-state index contributed by atoms with van der Waals surface area (Å²) >= 11 is 0. The highest BCUT2D eigenvalue weighted by molar-refractivity contribution is 5.53. The van der Waals surface area contributed by atoms with Crippen molar-refractivity contribution in [3.8, 4) is 11.4 Å². The van der Waals surface area contributed by atoms with Crippen molar-refractivity contribution in [2.24, 2.45) is 12.8 Å². The Morgan fingerprint density at radius 3 is 2.94 bits per heavy atom. The van der Waals surface area contributed by atoms with E-state index in [1.165, 1.54) is 6.07 Å². The van der Waals surface area contributed by atoms with Gasteiger partial charge in [0.25, 0.3) is 5.56 Å². The number of H-pyrrole nitrogens is 1. The van der Waals surface area contributed by atoms with Crippen LogP contribution >= 0.6 is 0 Å². The lowest BCUT2D eigenvalue weighted by Gasteiger charge is -2.09. The third-order valence-electron chi connectivity index (χ3n) is 2.66. The second kappa shape index (κ2) is 4.50. The van der Waals surface area contributed by atoms with Crippen LogP contribution in [0.25, 0.3) is 11.4 Å². The predicted molar refractivity (Wildman–Crippen MR) is 64.5 cm³/mol. The Bertz CT molecular complexity index is 571. The van der Waals surface area contributed by atoms with E-state index in [-0.39, 0.29) is 11.5 Å². The number of nitrogens with two attached hydrogens (primary N) is 1. The second-order valence-corrected chi connectivity index (χ2v) is 3.99. The van der Waals surface area contributed by atoms with Gasteiger partial charge < -0.3 is 10.7 Å². The van der Waals surface area contributed by atoms with Crippen LogP contribution in [0.1, 0.15) is 18.7 Å². The summed E-state index contributed by atoms with van der Waals surface area (Å²) < 4.78 is 1.68. The molecule has 2 aromatic heterocycles. The van der Waals surface area contributed by atoms with Gasteiger partial charge >= 0.3 is 0 Å². The molecule has 2 heterocycles. The number of nitrogens with zero attached hydrogens (tertiary/aromatic N) is 3. The van der Waals surface area contributed by atoms with Crippen LogP contribution in [0.5, 0.6) is 0 Å². The van der Waals surface area contributed by atoms with Crippen LogP contribution in [0.3, 0.4) is 0 Å². The van der Waals surface area contributed by atoms with E-state index in [0.717, 1.165) is 5.69 Å². The third-order valence-corrected chi connectivity index (χ3v) is 2.66. The summed E-state index contributed by atoms with van der Waals surface area (Å²) in [6, 6.07) is 3.28. The zero-order valence-corrected chi connectivity index (χ0v) is 9.84. The summed E-state index contributed by atoms with van der Waals surface area (Å²) in [7, 11) is 1.81. The maximum Gasteiger partial charge on any atom is 0.251 e. The Morgan fingerprint density at radius 2 is 2.35 bits per heavy atom. The Balaban J connectivity index is 2.53. The van der Waals surface area contributed by atoms with E-state index in [1.54, 1.807) is 10.9 Å². The first kappa shape index (κ1) is 11.5. The number of aromatic nitrogens is 4. The summed E-state index contributed by atoms with van der Waals surface area (Å²) in [5.41, 5.74) is 6.82. The lowest BCUT2D eigenvalue weighted by atomic mass is 10.1. The molecule has 0 aliphatic heterocycles. The Morgan fingerprint density at radius 1 is 1.59 bits per heavy atom. The Hall–Kier alpha value is -1.95. The normalized spacial score (nSPS) is 12.6. The molecule has 2 aromatic rings. The van der Waals surface area contributed by atoms with Crippen LogP contribution in [0.2, 0.25) is 0 Å². The second-order valence-electron chi connectivity index (χ2n) is 3.99. The fourth-order valence-electron chi connectivity index (χ4n) is 1.58. The van der Waals surface area contributed by atoms with E-state index in [4.69, 9.17) is 5.73 Å². The van der Waals surface area contributed by atoms with Gasteiger partial charge in [-0.1, -0.05) is 6.92 Å². The SMILES string of the molecule is CC(CN)c1nc(-c2ccnn2C)cc(=O)[nH]1. The molecule has 17 heavy (non-hydrogen) atoms. The van der Waals surface area contributed by atoms with E-state index < -0.39 is 0 Å². The minimum atomic E-state index is -0.175. The van der Waals surface area contributed by atoms with E-state index in [2.05, 4.69) is 15.1 Å². The van der Waals surface area contributed by atoms with Gasteiger partial charge in [0.05, 0.1) is 11.4 Å². The van der Waals surface area contributed by atoms with E-state index >= 15 is 0 Å². The minimum absolute atomic E-state index is 0.0240. The van der Waals surface area contributed by atoms with Crippen molar-refractivity contribution >= 4 is 0 Å². The van der Waals surface area contributed by atoms with Crippen LogP contribution in [0.4, 0.5) is 0 Å². The van der Waals surface area contributed by atoms with E-state index in [1.807, 2.05) is 20.0 Å². The van der Waals surface area contributed by atoms with Crippen molar-refractivity contribution in [1.82, 2.24) is 19.7 Å². The molecule has 0 spiro atoms. The number of hydrogen-bond donors (Lipinski definition) is 2. The van der Waals surface area contributed by atoms with Gasteiger partial charge in [-0.3, -0.25) is 9.48 Å². The molecule has 0 fully saturated rings. The van der Waals surface area contributed by atoms with Gasteiger partial charge in [-0.15, -0.1) is 0 Å². The molecule has 0 aromatic carbocycles. The first-order valence-corrected chi connectivity index (χ1v) is 5.41. The summed E-state index contributed by atoms with van der Waals surface area (Å²) in [6.07, 6.45) is 1.67. The zero-order chi connectivity index (χ0) is 12.4. The molecule has 1 unspecified atom stereocenters. The topological polar surface area (TPSA) is 89.6 Å². The molecule has 0 bridgehead atoms. The summed E-state index contributed by atoms with van der Waals surface area (Å²) in [4.78, 5) is 18.7. The van der Waals surface area contributed by atoms with Crippen molar-refractivity contribution < 1.29 is 0 Å². The van der Waals surface area contributed by atoms with E-state index in [0.29, 0.717) is 18.1 Å². The van der Waals surface area contributed by atoms with Gasteiger partial charge in [0.2, 0.25) is 0 Å². The number of aryl methyl sites for hydroxylation is 1. The molecule has 2 rings (SSSR count). The Labute approximate surface area is 98.5 Å². The number of rotatable bonds is 3. The van der Waals surface area contributed by atoms with Gasteiger partial charge in [-0.25, -0.2) is 4.98 Å². The molecule has 0 aliphatic rings. The highest BCUT2D eigenvalue weighted by atomic mass is 16.1. The fraction of sp³-hybridized carbons (Fsp3) is 0.364. The Kier molecular flexibility index (Phi) is 3.06. The molecular formula is C11H15N5O. The summed E-state index contributed by atoms with van der Waals surface area (Å²) in [5.74, 6) is 0.632. The van der Waals surface area contributed by atoms with Crippen LogP contribution in [-0.4, -0.2) is 26.3 Å². The standard InChI is InChI=1S/C11H15N5O/c1-7(6-12)11-14-8(5-10(17)15-11)9-3-4-13-16(9)2/h3-5,7H,6,12H2,1-2H3,(H,14,15,17). The largest absolute Gasteiger partial charge is 0.330 e. The minimum Gasteiger partial charge on any atom is -0.330 e. The average Bonchev–Trinajstić information content (AvgIpc) is 2.73.